The van der Waals surface area contributed by atoms with Gasteiger partial charge in [0.1, 0.15) is 24.2 Å². The number of hydrogen-bond acceptors (Lipinski definition) is 6. The Labute approximate surface area is 165 Å². The molecule has 28 heavy (non-hydrogen) atoms. The van der Waals surface area contributed by atoms with Gasteiger partial charge in [-0.15, -0.1) is 0 Å². The van der Waals surface area contributed by atoms with Crippen molar-refractivity contribution in [1.82, 2.24) is 19.6 Å². The fourth-order valence-electron chi connectivity index (χ4n) is 4.24. The van der Waals surface area contributed by atoms with E-state index in [4.69, 9.17) is 4.74 Å². The third-order valence-corrected chi connectivity index (χ3v) is 5.82. The lowest BCUT2D eigenvalue weighted by Gasteiger charge is -2.36. The lowest BCUT2D eigenvalue weighted by Crippen LogP contribution is -2.50. The first kappa shape index (κ1) is 18.9. The molecular formula is C20H28N6O2. The number of ether oxygens (including phenoxy) is 1. The molecule has 1 saturated carbocycles. The molecule has 1 amide bonds. The SMILES string of the molecule is COC1CCC(N(C(=O)c2cc(N3CCCCC3)ncn2)n2ccnc2)CC1. The van der Waals surface area contributed by atoms with Crippen LogP contribution in [0.2, 0.25) is 0 Å². The molecule has 1 saturated heterocycles. The van der Waals surface area contributed by atoms with Crippen molar-refractivity contribution in [3.63, 3.8) is 0 Å². The monoisotopic (exact) mass is 384 g/mol. The van der Waals surface area contributed by atoms with Gasteiger partial charge in [-0.2, -0.15) is 0 Å². The molecule has 2 aromatic rings. The van der Waals surface area contributed by atoms with Crippen LogP contribution in [-0.4, -0.2) is 57.9 Å². The molecule has 2 aliphatic rings. The van der Waals surface area contributed by atoms with Gasteiger partial charge in [-0.05, 0) is 44.9 Å². The molecule has 3 heterocycles. The average molecular weight is 384 g/mol. The van der Waals surface area contributed by atoms with E-state index in [-0.39, 0.29) is 18.1 Å². The topological polar surface area (TPSA) is 76.4 Å². The van der Waals surface area contributed by atoms with Crippen molar-refractivity contribution in [3.05, 3.63) is 36.8 Å². The van der Waals surface area contributed by atoms with Gasteiger partial charge in [0.2, 0.25) is 0 Å². The first-order chi connectivity index (χ1) is 13.8. The van der Waals surface area contributed by atoms with E-state index in [0.717, 1.165) is 57.4 Å². The number of carbonyl (C=O) groups is 1. The van der Waals surface area contributed by atoms with Gasteiger partial charge in [-0.3, -0.25) is 4.79 Å². The van der Waals surface area contributed by atoms with E-state index in [9.17, 15) is 4.79 Å². The Morgan fingerprint density at radius 3 is 2.61 bits per heavy atom. The predicted molar refractivity (Wildman–Crippen MR) is 106 cm³/mol. The minimum Gasteiger partial charge on any atom is -0.381 e. The van der Waals surface area contributed by atoms with Crippen LogP contribution < -0.4 is 9.91 Å². The summed E-state index contributed by atoms with van der Waals surface area (Å²) in [5, 5.41) is 1.79. The minimum absolute atomic E-state index is 0.0986. The van der Waals surface area contributed by atoms with Crippen LogP contribution in [0.25, 0.3) is 0 Å². The molecule has 0 bridgehead atoms. The van der Waals surface area contributed by atoms with Gasteiger partial charge >= 0.3 is 0 Å². The van der Waals surface area contributed by atoms with Crippen LogP contribution in [0.3, 0.4) is 0 Å². The van der Waals surface area contributed by atoms with Gasteiger partial charge in [-0.25, -0.2) is 24.6 Å². The lowest BCUT2D eigenvalue weighted by molar-refractivity contribution is 0.0606. The van der Waals surface area contributed by atoms with Crippen LogP contribution in [0.5, 0.6) is 0 Å². The molecule has 8 nitrogen and oxygen atoms in total. The number of rotatable bonds is 5. The molecular weight excluding hydrogens is 356 g/mol. The van der Waals surface area contributed by atoms with E-state index in [1.165, 1.54) is 12.7 Å². The summed E-state index contributed by atoms with van der Waals surface area (Å²) in [7, 11) is 1.76. The molecule has 8 heteroatoms. The van der Waals surface area contributed by atoms with Crippen molar-refractivity contribution in [2.45, 2.75) is 57.1 Å². The first-order valence-electron chi connectivity index (χ1n) is 10.2. The van der Waals surface area contributed by atoms with Crippen LogP contribution in [0.15, 0.2) is 31.1 Å². The van der Waals surface area contributed by atoms with E-state index in [1.807, 2.05) is 12.3 Å². The van der Waals surface area contributed by atoms with Gasteiger partial charge in [0.15, 0.2) is 0 Å². The Morgan fingerprint density at radius 1 is 1.14 bits per heavy atom. The van der Waals surface area contributed by atoms with E-state index in [0.29, 0.717) is 5.69 Å². The maximum Gasteiger partial charge on any atom is 0.291 e. The largest absolute Gasteiger partial charge is 0.381 e. The summed E-state index contributed by atoms with van der Waals surface area (Å²) < 4.78 is 7.27. The third-order valence-electron chi connectivity index (χ3n) is 5.82. The Kier molecular flexibility index (Phi) is 5.85. The van der Waals surface area contributed by atoms with Crippen molar-refractivity contribution >= 4 is 11.7 Å². The van der Waals surface area contributed by atoms with Gasteiger partial charge in [0.05, 0.1) is 12.1 Å². The van der Waals surface area contributed by atoms with Crippen LogP contribution in [0, 0.1) is 0 Å². The zero-order valence-electron chi connectivity index (χ0n) is 16.4. The molecule has 150 valence electrons. The van der Waals surface area contributed by atoms with Crippen molar-refractivity contribution < 1.29 is 9.53 Å². The molecule has 0 aromatic carbocycles. The molecule has 1 aliphatic carbocycles. The molecule has 0 radical (unpaired) electrons. The van der Waals surface area contributed by atoms with Crippen molar-refractivity contribution in [2.24, 2.45) is 0 Å². The molecule has 0 unspecified atom stereocenters. The number of piperidine rings is 1. The molecule has 2 fully saturated rings. The maximum absolute atomic E-state index is 13.5. The van der Waals surface area contributed by atoms with E-state index in [2.05, 4.69) is 19.9 Å². The molecule has 2 aromatic heterocycles. The maximum atomic E-state index is 13.5. The second-order valence-electron chi connectivity index (χ2n) is 7.57. The molecule has 1 aliphatic heterocycles. The van der Waals surface area contributed by atoms with Crippen molar-refractivity contribution in [3.8, 4) is 0 Å². The summed E-state index contributed by atoms with van der Waals surface area (Å²) in [6, 6.07) is 1.93. The second kappa shape index (κ2) is 8.68. The summed E-state index contributed by atoms with van der Waals surface area (Å²) in [5.41, 5.74) is 0.429. The van der Waals surface area contributed by atoms with Crippen LogP contribution in [0.1, 0.15) is 55.4 Å². The summed E-state index contributed by atoms with van der Waals surface area (Å²) in [6.45, 7) is 1.97. The fraction of sp³-hybridized carbons (Fsp3) is 0.600. The molecule has 0 N–H and O–H groups in total. The predicted octanol–water partition coefficient (Wildman–Crippen LogP) is 2.40. The standard InChI is InChI=1S/C20H28N6O2/c1-28-17-7-5-16(6-8-17)26(25-12-9-21-15-25)20(27)18-13-19(23-14-22-18)24-10-3-2-4-11-24/h9,12-17H,2-8,10-11H2,1H3. The number of amides is 1. The van der Waals surface area contributed by atoms with Gasteiger partial charge in [-0.1, -0.05) is 0 Å². The van der Waals surface area contributed by atoms with Crippen LogP contribution in [0.4, 0.5) is 5.82 Å². The smallest absolute Gasteiger partial charge is 0.291 e. The highest BCUT2D eigenvalue weighted by Gasteiger charge is 2.31. The number of nitrogens with zero attached hydrogens (tertiary/aromatic N) is 6. The van der Waals surface area contributed by atoms with E-state index < -0.39 is 0 Å². The van der Waals surface area contributed by atoms with Crippen molar-refractivity contribution in [2.75, 3.05) is 30.1 Å². The summed E-state index contributed by atoms with van der Waals surface area (Å²) in [6.07, 6.45) is 14.2. The number of imidazole rings is 1. The lowest BCUT2D eigenvalue weighted by atomic mass is 9.92. The number of aromatic nitrogens is 4. The van der Waals surface area contributed by atoms with Gasteiger partial charge in [0.25, 0.3) is 5.91 Å². The molecule has 4 rings (SSSR count). The first-order valence-corrected chi connectivity index (χ1v) is 10.2. The van der Waals surface area contributed by atoms with Crippen LogP contribution in [-0.2, 0) is 4.74 Å². The zero-order chi connectivity index (χ0) is 19.3. The van der Waals surface area contributed by atoms with E-state index >= 15 is 0 Å². The Hall–Kier alpha value is -2.48. The van der Waals surface area contributed by atoms with E-state index in [1.54, 1.807) is 29.3 Å². The van der Waals surface area contributed by atoms with Crippen LogP contribution >= 0.6 is 0 Å². The number of hydrogen-bond donors (Lipinski definition) is 0. The third kappa shape index (κ3) is 4.01. The highest BCUT2D eigenvalue weighted by atomic mass is 16.5. The quantitative estimate of drug-likeness (QED) is 0.788. The van der Waals surface area contributed by atoms with Gasteiger partial charge < -0.3 is 9.64 Å². The number of methoxy groups -OCH3 is 1. The summed E-state index contributed by atoms with van der Waals surface area (Å²) >= 11 is 0. The summed E-state index contributed by atoms with van der Waals surface area (Å²) in [5.74, 6) is 0.728. The number of anilines is 1. The Balaban J connectivity index is 1.57. The molecule has 0 spiro atoms. The fourth-order valence-corrected chi connectivity index (χ4v) is 4.24. The Morgan fingerprint density at radius 2 is 1.93 bits per heavy atom. The van der Waals surface area contributed by atoms with Gasteiger partial charge in [0, 0.05) is 38.7 Å². The summed E-state index contributed by atoms with van der Waals surface area (Å²) in [4.78, 5) is 28.6. The molecule has 0 atom stereocenters. The normalized spacial score (nSPS) is 22.8. The average Bonchev–Trinajstić information content (AvgIpc) is 3.29. The Bertz CT molecular complexity index is 767. The second-order valence-corrected chi connectivity index (χ2v) is 7.57. The zero-order valence-corrected chi connectivity index (χ0v) is 16.4. The van der Waals surface area contributed by atoms with Crippen molar-refractivity contribution in [1.29, 1.82) is 0 Å². The number of carbonyl (C=O) groups excluding carboxylic acids is 1. The highest BCUT2D eigenvalue weighted by molar-refractivity contribution is 6.00. The minimum atomic E-state index is -0.112. The highest BCUT2D eigenvalue weighted by Crippen LogP contribution is 2.26.